The minimum Gasteiger partial charge on any atom is -0.0845 e. The molecule has 0 spiro atoms. The SMILES string of the molecule is C1=CC=CC=CC=CC=CCCCCC=CC=CC=CC=C1. The Hall–Kier alpha value is -2.34. The fraction of sp³-hybridized carbons (Fsp3) is 0.182. The van der Waals surface area contributed by atoms with Crippen LogP contribution in [0.15, 0.2) is 109 Å². The van der Waals surface area contributed by atoms with Crippen molar-refractivity contribution in [2.45, 2.75) is 25.7 Å². The Balaban J connectivity index is 2.53. The Morgan fingerprint density at radius 3 is 0.773 bits per heavy atom. The van der Waals surface area contributed by atoms with Crippen molar-refractivity contribution in [1.29, 1.82) is 0 Å². The van der Waals surface area contributed by atoms with Crippen LogP contribution in [0.1, 0.15) is 25.7 Å². The molecule has 0 aromatic rings. The van der Waals surface area contributed by atoms with Gasteiger partial charge in [-0.2, -0.15) is 0 Å². The fourth-order valence-corrected chi connectivity index (χ4v) is 1.77. The number of rotatable bonds is 0. The van der Waals surface area contributed by atoms with Crippen molar-refractivity contribution >= 4 is 0 Å². The van der Waals surface area contributed by atoms with E-state index in [2.05, 4.69) is 48.6 Å². The molecule has 0 aromatic heterocycles. The van der Waals surface area contributed by atoms with Crippen molar-refractivity contribution in [3.05, 3.63) is 109 Å². The van der Waals surface area contributed by atoms with Gasteiger partial charge in [-0.25, -0.2) is 0 Å². The highest BCUT2D eigenvalue weighted by Gasteiger charge is 1.82. The summed E-state index contributed by atoms with van der Waals surface area (Å²) in [5, 5.41) is 0. The molecule has 1 aliphatic rings. The molecule has 0 atom stereocenters. The summed E-state index contributed by atoms with van der Waals surface area (Å²) in [6, 6.07) is 0. The van der Waals surface area contributed by atoms with Gasteiger partial charge >= 0.3 is 0 Å². The van der Waals surface area contributed by atoms with E-state index >= 15 is 0 Å². The van der Waals surface area contributed by atoms with E-state index in [-0.39, 0.29) is 0 Å². The molecule has 0 N–H and O–H groups in total. The van der Waals surface area contributed by atoms with Gasteiger partial charge in [-0.3, -0.25) is 0 Å². The maximum atomic E-state index is 2.23. The van der Waals surface area contributed by atoms with Gasteiger partial charge in [-0.05, 0) is 25.7 Å². The summed E-state index contributed by atoms with van der Waals surface area (Å²) in [5.41, 5.74) is 0. The molecule has 0 unspecified atom stereocenters. The van der Waals surface area contributed by atoms with Crippen LogP contribution >= 0.6 is 0 Å². The Kier molecular flexibility index (Phi) is 12.1. The molecular formula is C22H26. The summed E-state index contributed by atoms with van der Waals surface area (Å²) in [5.74, 6) is 0. The summed E-state index contributed by atoms with van der Waals surface area (Å²) < 4.78 is 0. The molecule has 0 fully saturated rings. The molecule has 1 rings (SSSR count). The minimum atomic E-state index is 1.15. The van der Waals surface area contributed by atoms with Gasteiger partial charge in [0.2, 0.25) is 0 Å². The third-order valence-electron chi connectivity index (χ3n) is 2.93. The second-order valence-corrected chi connectivity index (χ2v) is 4.84. The van der Waals surface area contributed by atoms with Crippen molar-refractivity contribution in [2.75, 3.05) is 0 Å². The first-order valence-corrected chi connectivity index (χ1v) is 7.98. The lowest BCUT2D eigenvalue weighted by atomic mass is 10.2. The molecule has 0 saturated heterocycles. The number of hydrogen-bond donors (Lipinski definition) is 0. The van der Waals surface area contributed by atoms with Crippen LogP contribution in [-0.4, -0.2) is 0 Å². The zero-order chi connectivity index (χ0) is 15.6. The fourth-order valence-electron chi connectivity index (χ4n) is 1.77. The van der Waals surface area contributed by atoms with Gasteiger partial charge in [0, 0.05) is 0 Å². The second-order valence-electron chi connectivity index (χ2n) is 4.84. The van der Waals surface area contributed by atoms with Crippen LogP contribution in [0, 0.1) is 0 Å². The van der Waals surface area contributed by atoms with E-state index < -0.39 is 0 Å². The number of hydrogen-bond acceptors (Lipinski definition) is 0. The third kappa shape index (κ3) is 12.7. The second kappa shape index (κ2) is 15.1. The third-order valence-corrected chi connectivity index (χ3v) is 2.93. The van der Waals surface area contributed by atoms with Gasteiger partial charge in [-0.15, -0.1) is 0 Å². The molecule has 22 heavy (non-hydrogen) atoms. The minimum absolute atomic E-state index is 1.15. The molecule has 114 valence electrons. The van der Waals surface area contributed by atoms with E-state index in [1.54, 1.807) is 0 Å². The van der Waals surface area contributed by atoms with Gasteiger partial charge in [0.15, 0.2) is 0 Å². The summed E-state index contributed by atoms with van der Waals surface area (Å²) in [7, 11) is 0. The van der Waals surface area contributed by atoms with Crippen LogP contribution in [0.4, 0.5) is 0 Å². The molecule has 0 saturated carbocycles. The van der Waals surface area contributed by atoms with Gasteiger partial charge in [0.05, 0.1) is 0 Å². The van der Waals surface area contributed by atoms with Crippen molar-refractivity contribution < 1.29 is 0 Å². The Bertz CT molecular complexity index is 466. The molecule has 0 bridgehead atoms. The summed E-state index contributed by atoms with van der Waals surface area (Å²) in [4.78, 5) is 0. The summed E-state index contributed by atoms with van der Waals surface area (Å²) >= 11 is 0. The van der Waals surface area contributed by atoms with Crippen LogP contribution in [-0.2, 0) is 0 Å². The first kappa shape index (κ1) is 17.7. The predicted octanol–water partition coefficient (Wildman–Crippen LogP) is 6.57. The van der Waals surface area contributed by atoms with Crippen molar-refractivity contribution in [1.82, 2.24) is 0 Å². The normalized spacial score (nSPS) is 17.5. The van der Waals surface area contributed by atoms with Gasteiger partial charge in [-0.1, -0.05) is 109 Å². The summed E-state index contributed by atoms with van der Waals surface area (Å²) in [6.07, 6.45) is 42.0. The van der Waals surface area contributed by atoms with Crippen molar-refractivity contribution in [3.8, 4) is 0 Å². The topological polar surface area (TPSA) is 0 Å². The zero-order valence-electron chi connectivity index (χ0n) is 13.2. The Morgan fingerprint density at radius 1 is 0.273 bits per heavy atom. The van der Waals surface area contributed by atoms with E-state index in [4.69, 9.17) is 0 Å². The lowest BCUT2D eigenvalue weighted by molar-refractivity contribution is 0.762. The molecule has 1 aliphatic carbocycles. The van der Waals surface area contributed by atoms with Crippen LogP contribution in [0.25, 0.3) is 0 Å². The predicted molar refractivity (Wildman–Crippen MR) is 101 cm³/mol. The van der Waals surface area contributed by atoms with Gasteiger partial charge in [0.25, 0.3) is 0 Å². The van der Waals surface area contributed by atoms with Crippen molar-refractivity contribution in [3.63, 3.8) is 0 Å². The highest BCUT2D eigenvalue weighted by Crippen LogP contribution is 2.02. The van der Waals surface area contributed by atoms with Crippen LogP contribution < -0.4 is 0 Å². The molecule has 0 aromatic carbocycles. The highest BCUT2D eigenvalue weighted by molar-refractivity contribution is 5.21. The molecule has 0 amide bonds. The maximum absolute atomic E-state index is 2.23. The number of allylic oxidation sites excluding steroid dienone is 18. The van der Waals surface area contributed by atoms with E-state index in [9.17, 15) is 0 Å². The van der Waals surface area contributed by atoms with E-state index in [1.165, 1.54) is 12.8 Å². The van der Waals surface area contributed by atoms with Crippen LogP contribution in [0.2, 0.25) is 0 Å². The Labute approximate surface area is 135 Å². The molecule has 0 nitrogen and oxygen atoms in total. The first-order valence-electron chi connectivity index (χ1n) is 7.98. The van der Waals surface area contributed by atoms with Crippen LogP contribution in [0.3, 0.4) is 0 Å². The molecule has 0 heteroatoms. The van der Waals surface area contributed by atoms with Gasteiger partial charge < -0.3 is 0 Å². The average molecular weight is 290 g/mol. The molecule has 0 heterocycles. The maximum Gasteiger partial charge on any atom is -0.0347 e. The highest BCUT2D eigenvalue weighted by atomic mass is 13.9. The van der Waals surface area contributed by atoms with E-state index in [0.717, 1.165) is 12.8 Å². The largest absolute Gasteiger partial charge is 0.0845 e. The average Bonchev–Trinajstić information content (AvgIpc) is 2.53. The van der Waals surface area contributed by atoms with E-state index in [1.807, 2.05) is 60.8 Å². The molecule has 0 aliphatic heterocycles. The lowest BCUT2D eigenvalue weighted by Crippen LogP contribution is -1.71. The van der Waals surface area contributed by atoms with E-state index in [0.29, 0.717) is 0 Å². The Morgan fingerprint density at radius 2 is 0.500 bits per heavy atom. The molecular weight excluding hydrogens is 264 g/mol. The standard InChI is InChI=1S/C22H26/c1-2-4-6-8-10-12-14-16-18-20-22-21-19-17-15-13-11-9-7-5-3-1/h1-18H,19-22H2. The first-order chi connectivity index (χ1) is 11.0. The summed E-state index contributed by atoms with van der Waals surface area (Å²) in [6.45, 7) is 0. The zero-order valence-corrected chi connectivity index (χ0v) is 13.2. The smallest absolute Gasteiger partial charge is 0.0347 e. The van der Waals surface area contributed by atoms with Crippen molar-refractivity contribution in [2.24, 2.45) is 0 Å². The monoisotopic (exact) mass is 290 g/mol. The van der Waals surface area contributed by atoms with Crippen LogP contribution in [0.5, 0.6) is 0 Å². The van der Waals surface area contributed by atoms with Gasteiger partial charge in [0.1, 0.15) is 0 Å². The lowest BCUT2D eigenvalue weighted by Gasteiger charge is -1.91. The molecule has 0 radical (unpaired) electrons. The quantitative estimate of drug-likeness (QED) is 0.473.